The topological polar surface area (TPSA) is 115 Å². The maximum absolute atomic E-state index is 11.7. The quantitative estimate of drug-likeness (QED) is 0.637. The average molecular weight is 239 g/mol. The van der Waals surface area contributed by atoms with Gasteiger partial charge in [0.15, 0.2) is 11.7 Å². The summed E-state index contributed by atoms with van der Waals surface area (Å²) in [6.45, 7) is -0.131. The molecule has 0 aliphatic carbocycles. The number of pyridine rings is 1. The molecule has 1 unspecified atom stereocenters. The molecule has 1 amide bonds. The molecular weight excluding hydrogens is 226 g/mol. The summed E-state index contributed by atoms with van der Waals surface area (Å²) in [6.07, 6.45) is 1.40. The summed E-state index contributed by atoms with van der Waals surface area (Å²) < 4.78 is 4.69. The Hall–Kier alpha value is -2.15. The Balaban J connectivity index is 2.77. The Labute approximate surface area is 97.6 Å². The van der Waals surface area contributed by atoms with Crippen molar-refractivity contribution in [2.45, 2.75) is 6.04 Å². The minimum absolute atomic E-state index is 0.00477. The van der Waals surface area contributed by atoms with Gasteiger partial charge in [0, 0.05) is 13.3 Å². The van der Waals surface area contributed by atoms with Gasteiger partial charge in [-0.1, -0.05) is 0 Å². The number of carbonyl (C=O) groups excluding carboxylic acids is 1. The van der Waals surface area contributed by atoms with Crippen LogP contribution in [0.1, 0.15) is 10.5 Å². The molecular formula is C10H13N3O4. The van der Waals surface area contributed by atoms with Gasteiger partial charge in [0.25, 0.3) is 5.91 Å². The van der Waals surface area contributed by atoms with Gasteiger partial charge in [-0.05, 0) is 12.1 Å². The van der Waals surface area contributed by atoms with Crippen molar-refractivity contribution in [1.29, 1.82) is 0 Å². The third-order valence-corrected chi connectivity index (χ3v) is 1.99. The molecule has 17 heavy (non-hydrogen) atoms. The van der Waals surface area contributed by atoms with E-state index in [1.165, 1.54) is 19.4 Å². The van der Waals surface area contributed by atoms with E-state index < -0.39 is 17.9 Å². The van der Waals surface area contributed by atoms with Gasteiger partial charge in [0.2, 0.25) is 0 Å². The minimum atomic E-state index is -1.19. The lowest BCUT2D eigenvalue weighted by Gasteiger charge is -2.13. The number of nitrogen functional groups attached to an aromatic ring is 1. The fraction of sp³-hybridized carbons (Fsp3) is 0.300. The van der Waals surface area contributed by atoms with E-state index in [0.29, 0.717) is 0 Å². The van der Waals surface area contributed by atoms with Gasteiger partial charge < -0.3 is 20.9 Å². The van der Waals surface area contributed by atoms with Crippen molar-refractivity contribution in [2.24, 2.45) is 0 Å². The molecule has 4 N–H and O–H groups in total. The monoisotopic (exact) mass is 239 g/mol. The summed E-state index contributed by atoms with van der Waals surface area (Å²) >= 11 is 0. The second-order valence-electron chi connectivity index (χ2n) is 3.26. The smallest absolute Gasteiger partial charge is 0.328 e. The third kappa shape index (κ3) is 3.42. The van der Waals surface area contributed by atoms with E-state index in [2.05, 4.69) is 15.0 Å². The number of hydrogen-bond acceptors (Lipinski definition) is 5. The molecule has 0 fully saturated rings. The van der Waals surface area contributed by atoms with Crippen LogP contribution in [0.25, 0.3) is 0 Å². The molecule has 1 atom stereocenters. The second kappa shape index (κ2) is 5.80. The number of rotatable bonds is 5. The normalized spacial score (nSPS) is 11.8. The van der Waals surface area contributed by atoms with E-state index in [-0.39, 0.29) is 18.0 Å². The number of methoxy groups -OCH3 is 1. The zero-order chi connectivity index (χ0) is 12.8. The van der Waals surface area contributed by atoms with Crippen LogP contribution < -0.4 is 11.1 Å². The highest BCUT2D eigenvalue weighted by molar-refractivity contribution is 5.98. The van der Waals surface area contributed by atoms with Crippen LogP contribution in [0, 0.1) is 0 Å². The molecule has 0 radical (unpaired) electrons. The highest BCUT2D eigenvalue weighted by atomic mass is 16.5. The molecule has 0 aliphatic heterocycles. The fourth-order valence-corrected chi connectivity index (χ4v) is 1.18. The van der Waals surface area contributed by atoms with E-state index in [0.717, 1.165) is 0 Å². The zero-order valence-corrected chi connectivity index (χ0v) is 9.21. The molecule has 7 heteroatoms. The standard InChI is InChI=1S/C10H13N3O4/c1-17-5-7(10(15)16)13-9(14)8-6(11)3-2-4-12-8/h2-4,7H,5,11H2,1H3,(H,13,14)(H,15,16). The number of nitrogens with zero attached hydrogens (tertiary/aromatic N) is 1. The maximum atomic E-state index is 11.7. The molecule has 1 aromatic rings. The number of ether oxygens (including phenoxy) is 1. The van der Waals surface area contributed by atoms with Crippen LogP contribution in [-0.2, 0) is 9.53 Å². The molecule has 0 bridgehead atoms. The van der Waals surface area contributed by atoms with E-state index >= 15 is 0 Å². The van der Waals surface area contributed by atoms with Crippen LogP contribution in [0.3, 0.4) is 0 Å². The van der Waals surface area contributed by atoms with E-state index in [1.807, 2.05) is 0 Å². The molecule has 7 nitrogen and oxygen atoms in total. The summed E-state index contributed by atoms with van der Waals surface area (Å²) in [5.74, 6) is -1.83. The summed E-state index contributed by atoms with van der Waals surface area (Å²) in [4.78, 5) is 26.3. The van der Waals surface area contributed by atoms with Crippen molar-refractivity contribution in [1.82, 2.24) is 10.3 Å². The zero-order valence-electron chi connectivity index (χ0n) is 9.21. The number of hydrogen-bond donors (Lipinski definition) is 3. The van der Waals surface area contributed by atoms with Crippen molar-refractivity contribution in [3.05, 3.63) is 24.0 Å². The van der Waals surface area contributed by atoms with Crippen LogP contribution >= 0.6 is 0 Å². The number of carbonyl (C=O) groups is 2. The predicted octanol–water partition coefficient (Wildman–Crippen LogP) is -0.507. The number of nitrogens with two attached hydrogens (primary N) is 1. The molecule has 1 aromatic heterocycles. The SMILES string of the molecule is COCC(NC(=O)c1ncccc1N)C(=O)O. The first-order valence-corrected chi connectivity index (χ1v) is 4.79. The van der Waals surface area contributed by atoms with Crippen molar-refractivity contribution in [3.63, 3.8) is 0 Å². The first kappa shape index (κ1) is 12.9. The van der Waals surface area contributed by atoms with Gasteiger partial charge in [0.1, 0.15) is 0 Å². The molecule has 1 heterocycles. The lowest BCUT2D eigenvalue weighted by Crippen LogP contribution is -2.44. The average Bonchev–Trinajstić information content (AvgIpc) is 2.28. The van der Waals surface area contributed by atoms with Gasteiger partial charge in [-0.15, -0.1) is 0 Å². The molecule has 92 valence electrons. The molecule has 0 aromatic carbocycles. The van der Waals surface area contributed by atoms with Crippen molar-refractivity contribution < 1.29 is 19.4 Å². The van der Waals surface area contributed by atoms with E-state index in [4.69, 9.17) is 10.8 Å². The number of aromatic nitrogens is 1. The Bertz CT molecular complexity index is 422. The predicted molar refractivity (Wildman–Crippen MR) is 59.4 cm³/mol. The van der Waals surface area contributed by atoms with Gasteiger partial charge in [-0.25, -0.2) is 9.78 Å². The van der Waals surface area contributed by atoms with Crippen molar-refractivity contribution in [2.75, 3.05) is 19.5 Å². The van der Waals surface area contributed by atoms with E-state index in [9.17, 15) is 9.59 Å². The fourth-order valence-electron chi connectivity index (χ4n) is 1.18. The third-order valence-electron chi connectivity index (χ3n) is 1.99. The molecule has 0 saturated carbocycles. The summed E-state index contributed by atoms with van der Waals surface area (Å²) in [6, 6.07) is 1.96. The highest BCUT2D eigenvalue weighted by Crippen LogP contribution is 2.06. The molecule has 1 rings (SSSR count). The van der Waals surface area contributed by atoms with Crippen molar-refractivity contribution in [3.8, 4) is 0 Å². The lowest BCUT2D eigenvalue weighted by atomic mass is 10.2. The van der Waals surface area contributed by atoms with Gasteiger partial charge in [0.05, 0.1) is 12.3 Å². The Morgan fingerprint density at radius 3 is 2.88 bits per heavy atom. The number of carboxylic acids is 1. The first-order chi connectivity index (χ1) is 8.06. The Kier molecular flexibility index (Phi) is 4.41. The Morgan fingerprint density at radius 2 is 2.35 bits per heavy atom. The maximum Gasteiger partial charge on any atom is 0.328 e. The number of aliphatic carboxylic acids is 1. The molecule has 0 saturated heterocycles. The lowest BCUT2D eigenvalue weighted by molar-refractivity contribution is -0.140. The van der Waals surface area contributed by atoms with Crippen LogP contribution in [0.15, 0.2) is 18.3 Å². The van der Waals surface area contributed by atoms with Crippen molar-refractivity contribution >= 4 is 17.6 Å². The highest BCUT2D eigenvalue weighted by Gasteiger charge is 2.21. The first-order valence-electron chi connectivity index (χ1n) is 4.79. The van der Waals surface area contributed by atoms with Gasteiger partial charge in [-0.2, -0.15) is 0 Å². The summed E-state index contributed by atoms with van der Waals surface area (Å²) in [7, 11) is 1.34. The number of amides is 1. The number of anilines is 1. The summed E-state index contributed by atoms with van der Waals surface area (Å²) in [5.41, 5.74) is 5.73. The Morgan fingerprint density at radius 1 is 1.65 bits per heavy atom. The van der Waals surface area contributed by atoms with Crippen LogP contribution in [0.4, 0.5) is 5.69 Å². The largest absolute Gasteiger partial charge is 0.480 e. The van der Waals surface area contributed by atoms with E-state index in [1.54, 1.807) is 6.07 Å². The minimum Gasteiger partial charge on any atom is -0.480 e. The molecule has 0 spiro atoms. The summed E-state index contributed by atoms with van der Waals surface area (Å²) in [5, 5.41) is 11.1. The number of nitrogens with one attached hydrogen (secondary N) is 1. The van der Waals surface area contributed by atoms with Gasteiger partial charge in [-0.3, -0.25) is 4.79 Å². The van der Waals surface area contributed by atoms with Crippen LogP contribution in [0.2, 0.25) is 0 Å². The number of carboxylic acid groups (broad SMARTS) is 1. The molecule has 0 aliphatic rings. The van der Waals surface area contributed by atoms with Crippen LogP contribution in [-0.4, -0.2) is 41.7 Å². The van der Waals surface area contributed by atoms with Gasteiger partial charge >= 0.3 is 5.97 Å². The second-order valence-corrected chi connectivity index (χ2v) is 3.26. The van der Waals surface area contributed by atoms with Crippen LogP contribution in [0.5, 0.6) is 0 Å².